The smallest absolute Gasteiger partial charge is 0.153 e. The molecule has 1 aliphatic heterocycles. The van der Waals surface area contributed by atoms with Crippen LogP contribution in [0.5, 0.6) is 0 Å². The fourth-order valence-electron chi connectivity index (χ4n) is 1.82. The summed E-state index contributed by atoms with van der Waals surface area (Å²) < 4.78 is 27.4. The first-order chi connectivity index (χ1) is 7.03. The lowest BCUT2D eigenvalue weighted by Crippen LogP contribution is -2.25. The van der Waals surface area contributed by atoms with Crippen molar-refractivity contribution in [3.05, 3.63) is 34.6 Å². The molecule has 2 rings (SSSR count). The minimum Gasteiger partial charge on any atom is -0.314 e. The van der Waals surface area contributed by atoms with E-state index in [0.29, 0.717) is 0 Å². The monoisotopic (exact) mass is 233 g/mol. The van der Waals surface area contributed by atoms with Gasteiger partial charge in [0.15, 0.2) is 5.67 Å². The number of nitrogens with zero attached hydrogens (tertiary/aromatic N) is 1. The maximum atomic E-state index is 14.3. The SMILES string of the molecule is ON1CCC(F)(c2cccc(F)c2Cl)C1. The number of halogens is 3. The molecule has 5 heteroatoms. The highest BCUT2D eigenvalue weighted by Crippen LogP contribution is 2.39. The van der Waals surface area contributed by atoms with Gasteiger partial charge in [0.25, 0.3) is 0 Å². The Bertz CT molecular complexity index is 388. The highest BCUT2D eigenvalue weighted by Gasteiger charge is 2.41. The molecule has 1 saturated heterocycles. The Balaban J connectivity index is 2.41. The maximum absolute atomic E-state index is 14.3. The Morgan fingerprint density at radius 3 is 2.80 bits per heavy atom. The van der Waals surface area contributed by atoms with E-state index in [0.717, 1.165) is 5.06 Å². The van der Waals surface area contributed by atoms with E-state index in [1.165, 1.54) is 18.2 Å². The standard InChI is InChI=1S/C10H10ClF2NO/c11-9-7(2-1-3-8(9)12)10(13)4-5-14(15)6-10/h1-3,15H,4-6H2. The summed E-state index contributed by atoms with van der Waals surface area (Å²) in [5.41, 5.74) is -1.64. The molecule has 1 heterocycles. The van der Waals surface area contributed by atoms with Gasteiger partial charge in [-0.3, -0.25) is 0 Å². The van der Waals surface area contributed by atoms with Crippen LogP contribution in [-0.2, 0) is 5.67 Å². The second kappa shape index (κ2) is 3.70. The van der Waals surface area contributed by atoms with Crippen molar-refractivity contribution in [2.24, 2.45) is 0 Å². The molecule has 0 spiro atoms. The van der Waals surface area contributed by atoms with Gasteiger partial charge in [-0.15, -0.1) is 0 Å². The van der Waals surface area contributed by atoms with E-state index in [9.17, 15) is 8.78 Å². The molecule has 0 saturated carbocycles. The number of hydrogen-bond donors (Lipinski definition) is 1. The fourth-order valence-corrected chi connectivity index (χ4v) is 2.12. The Kier molecular flexibility index (Phi) is 2.66. The zero-order valence-corrected chi connectivity index (χ0v) is 8.64. The molecule has 82 valence electrons. The maximum Gasteiger partial charge on any atom is 0.153 e. The van der Waals surface area contributed by atoms with Gasteiger partial charge in [-0.2, -0.15) is 5.06 Å². The van der Waals surface area contributed by atoms with Gasteiger partial charge in [0.1, 0.15) is 5.82 Å². The predicted octanol–water partition coefficient (Wildman–Crippen LogP) is 2.74. The van der Waals surface area contributed by atoms with Gasteiger partial charge in [-0.25, -0.2) is 8.78 Å². The topological polar surface area (TPSA) is 23.5 Å². The number of hydroxylamine groups is 2. The molecule has 0 aromatic heterocycles. The average molecular weight is 234 g/mol. The highest BCUT2D eigenvalue weighted by molar-refractivity contribution is 6.31. The summed E-state index contributed by atoms with van der Waals surface area (Å²) in [7, 11) is 0. The van der Waals surface area contributed by atoms with Gasteiger partial charge in [0, 0.05) is 18.5 Å². The summed E-state index contributed by atoms with van der Waals surface area (Å²) in [6, 6.07) is 4.04. The van der Waals surface area contributed by atoms with E-state index >= 15 is 0 Å². The Morgan fingerprint density at radius 2 is 2.20 bits per heavy atom. The quantitative estimate of drug-likeness (QED) is 0.806. The Morgan fingerprint density at radius 1 is 1.47 bits per heavy atom. The van der Waals surface area contributed by atoms with Gasteiger partial charge in [-0.05, 0) is 6.07 Å². The number of benzene rings is 1. The summed E-state index contributed by atoms with van der Waals surface area (Å²) in [5.74, 6) is -0.636. The van der Waals surface area contributed by atoms with Crippen LogP contribution in [-0.4, -0.2) is 23.4 Å². The molecule has 1 aromatic rings. The fraction of sp³-hybridized carbons (Fsp3) is 0.400. The molecule has 0 amide bonds. The number of hydrogen-bond acceptors (Lipinski definition) is 2. The first kappa shape index (κ1) is 10.8. The van der Waals surface area contributed by atoms with E-state index in [-0.39, 0.29) is 30.1 Å². The van der Waals surface area contributed by atoms with E-state index in [1.807, 2.05) is 0 Å². The summed E-state index contributed by atoms with van der Waals surface area (Å²) >= 11 is 5.70. The van der Waals surface area contributed by atoms with Crippen molar-refractivity contribution >= 4 is 11.6 Å². The largest absolute Gasteiger partial charge is 0.314 e. The molecule has 0 bridgehead atoms. The zero-order valence-electron chi connectivity index (χ0n) is 7.88. The molecule has 1 fully saturated rings. The zero-order chi connectivity index (χ0) is 11.1. The van der Waals surface area contributed by atoms with E-state index in [1.54, 1.807) is 0 Å². The van der Waals surface area contributed by atoms with Crippen LogP contribution < -0.4 is 0 Å². The third-order valence-electron chi connectivity index (χ3n) is 2.63. The molecule has 2 nitrogen and oxygen atoms in total. The van der Waals surface area contributed by atoms with Crippen molar-refractivity contribution in [3.8, 4) is 0 Å². The molecule has 0 aliphatic carbocycles. The predicted molar refractivity (Wildman–Crippen MR) is 52.2 cm³/mol. The summed E-state index contributed by atoms with van der Waals surface area (Å²) in [5, 5.41) is 9.82. The number of rotatable bonds is 1. The van der Waals surface area contributed by atoms with Gasteiger partial charge < -0.3 is 5.21 Å². The first-order valence-electron chi connectivity index (χ1n) is 4.60. The minimum atomic E-state index is -1.76. The van der Waals surface area contributed by atoms with Crippen molar-refractivity contribution in [2.75, 3.05) is 13.1 Å². The van der Waals surface area contributed by atoms with Crippen LogP contribution in [0.2, 0.25) is 5.02 Å². The van der Waals surface area contributed by atoms with E-state index < -0.39 is 11.5 Å². The minimum absolute atomic E-state index is 0.112. The van der Waals surface area contributed by atoms with Crippen LogP contribution in [0.1, 0.15) is 12.0 Å². The van der Waals surface area contributed by atoms with Gasteiger partial charge in [0.2, 0.25) is 0 Å². The second-order valence-electron chi connectivity index (χ2n) is 3.70. The summed E-state index contributed by atoms with van der Waals surface area (Å²) in [4.78, 5) is 0. The normalized spacial score (nSPS) is 27.2. The second-order valence-corrected chi connectivity index (χ2v) is 4.08. The van der Waals surface area contributed by atoms with Crippen molar-refractivity contribution in [1.29, 1.82) is 0 Å². The Hall–Kier alpha value is -0.710. The lowest BCUT2D eigenvalue weighted by Gasteiger charge is -2.20. The van der Waals surface area contributed by atoms with E-state index in [4.69, 9.17) is 16.8 Å². The molecular formula is C10H10ClF2NO. The molecule has 1 aliphatic rings. The van der Waals surface area contributed by atoms with Crippen LogP contribution in [0, 0.1) is 5.82 Å². The average Bonchev–Trinajstić information content (AvgIpc) is 2.52. The van der Waals surface area contributed by atoms with Crippen LogP contribution in [0.3, 0.4) is 0 Å². The molecule has 0 radical (unpaired) electrons. The highest BCUT2D eigenvalue weighted by atomic mass is 35.5. The molecule has 1 unspecified atom stereocenters. The third-order valence-corrected chi connectivity index (χ3v) is 3.02. The summed E-state index contributed by atoms with van der Waals surface area (Å²) in [6.45, 7) is 0.0551. The molecule has 1 atom stereocenters. The summed E-state index contributed by atoms with van der Waals surface area (Å²) in [6.07, 6.45) is 0.118. The van der Waals surface area contributed by atoms with Crippen molar-refractivity contribution in [1.82, 2.24) is 5.06 Å². The first-order valence-corrected chi connectivity index (χ1v) is 4.98. The molecular weight excluding hydrogens is 224 g/mol. The number of alkyl halides is 1. The van der Waals surface area contributed by atoms with Crippen molar-refractivity contribution in [2.45, 2.75) is 12.1 Å². The van der Waals surface area contributed by atoms with Gasteiger partial charge >= 0.3 is 0 Å². The van der Waals surface area contributed by atoms with Crippen molar-refractivity contribution < 1.29 is 14.0 Å². The van der Waals surface area contributed by atoms with Gasteiger partial charge in [0.05, 0.1) is 11.6 Å². The molecule has 15 heavy (non-hydrogen) atoms. The van der Waals surface area contributed by atoms with Crippen LogP contribution in [0.25, 0.3) is 0 Å². The molecule has 1 aromatic carbocycles. The lowest BCUT2D eigenvalue weighted by molar-refractivity contribution is -0.0805. The van der Waals surface area contributed by atoms with Crippen molar-refractivity contribution in [3.63, 3.8) is 0 Å². The van der Waals surface area contributed by atoms with Gasteiger partial charge in [-0.1, -0.05) is 23.7 Å². The van der Waals surface area contributed by atoms with Crippen LogP contribution in [0.4, 0.5) is 8.78 Å². The lowest BCUT2D eigenvalue weighted by atomic mass is 9.95. The van der Waals surface area contributed by atoms with Crippen LogP contribution in [0.15, 0.2) is 18.2 Å². The molecule has 1 N–H and O–H groups in total. The van der Waals surface area contributed by atoms with E-state index in [2.05, 4.69) is 0 Å². The van der Waals surface area contributed by atoms with Crippen LogP contribution >= 0.6 is 11.6 Å². The Labute approximate surface area is 91.0 Å². The third kappa shape index (κ3) is 1.85.